The molecule has 2 aromatic rings. The minimum absolute atomic E-state index is 0.254. The Morgan fingerprint density at radius 3 is 2.46 bits per heavy atom. The van der Waals surface area contributed by atoms with Crippen LogP contribution in [0.2, 0.25) is 0 Å². The summed E-state index contributed by atoms with van der Waals surface area (Å²) in [5, 5.41) is 11.5. The Morgan fingerprint density at radius 2 is 1.88 bits per heavy atom. The van der Waals surface area contributed by atoms with Crippen LogP contribution in [0.4, 0.5) is 5.69 Å². The first-order valence-corrected chi connectivity index (χ1v) is 7.52. The van der Waals surface area contributed by atoms with Gasteiger partial charge >= 0.3 is 5.97 Å². The van der Waals surface area contributed by atoms with E-state index >= 15 is 0 Å². The molecule has 0 bridgehead atoms. The van der Waals surface area contributed by atoms with Gasteiger partial charge in [-0.15, -0.1) is 0 Å². The zero-order valence-corrected chi connectivity index (χ0v) is 13.6. The summed E-state index contributed by atoms with van der Waals surface area (Å²) in [6.45, 7) is 2.05. The smallest absolute Gasteiger partial charge is 0.328 e. The summed E-state index contributed by atoms with van der Waals surface area (Å²) >= 11 is 0. The molecule has 2 rings (SSSR count). The Labute approximate surface area is 140 Å². The Morgan fingerprint density at radius 1 is 1.17 bits per heavy atom. The number of hydrogen-bond acceptors (Lipinski definition) is 3. The van der Waals surface area contributed by atoms with Gasteiger partial charge in [-0.3, -0.25) is 4.79 Å². The predicted octanol–water partition coefficient (Wildman–Crippen LogP) is 3.61. The maximum Gasteiger partial charge on any atom is 0.328 e. The van der Waals surface area contributed by atoms with Crippen LogP contribution in [0.1, 0.15) is 28.4 Å². The van der Waals surface area contributed by atoms with Gasteiger partial charge in [-0.2, -0.15) is 0 Å². The SMILES string of the molecule is CCc1ccc(C(=O)Nc2cc(/C=C/C(=O)O)ccc2OC)cc1. The highest BCUT2D eigenvalue weighted by Crippen LogP contribution is 2.26. The normalized spacial score (nSPS) is 10.6. The summed E-state index contributed by atoms with van der Waals surface area (Å²) in [7, 11) is 1.51. The molecule has 1 amide bonds. The Hall–Kier alpha value is -3.08. The van der Waals surface area contributed by atoms with Crippen LogP contribution in [0.15, 0.2) is 48.5 Å². The van der Waals surface area contributed by atoms with Crippen LogP contribution in [0.5, 0.6) is 5.75 Å². The number of carbonyl (C=O) groups excluding carboxylic acids is 1. The third-order valence-electron chi connectivity index (χ3n) is 3.51. The van der Waals surface area contributed by atoms with Crippen molar-refractivity contribution in [3.8, 4) is 5.75 Å². The number of methoxy groups -OCH3 is 1. The molecule has 0 heterocycles. The van der Waals surface area contributed by atoms with Crippen LogP contribution in [0.25, 0.3) is 6.08 Å². The van der Waals surface area contributed by atoms with Crippen molar-refractivity contribution in [3.05, 3.63) is 65.2 Å². The molecule has 5 nitrogen and oxygen atoms in total. The highest BCUT2D eigenvalue weighted by molar-refractivity contribution is 6.05. The lowest BCUT2D eigenvalue weighted by molar-refractivity contribution is -0.131. The molecular weight excluding hydrogens is 306 g/mol. The molecule has 0 spiro atoms. The highest BCUT2D eigenvalue weighted by atomic mass is 16.5. The summed E-state index contributed by atoms with van der Waals surface area (Å²) in [6, 6.07) is 12.4. The largest absolute Gasteiger partial charge is 0.495 e. The first-order chi connectivity index (χ1) is 11.5. The maximum absolute atomic E-state index is 12.4. The quantitative estimate of drug-likeness (QED) is 0.796. The van der Waals surface area contributed by atoms with Crippen LogP contribution in [0.3, 0.4) is 0 Å². The molecule has 0 aromatic heterocycles. The molecule has 0 atom stereocenters. The van der Waals surface area contributed by atoms with Crippen molar-refractivity contribution in [3.63, 3.8) is 0 Å². The lowest BCUT2D eigenvalue weighted by atomic mass is 10.1. The lowest BCUT2D eigenvalue weighted by Crippen LogP contribution is -2.12. The van der Waals surface area contributed by atoms with Gasteiger partial charge in [-0.25, -0.2) is 4.79 Å². The van der Waals surface area contributed by atoms with E-state index in [2.05, 4.69) is 12.2 Å². The van der Waals surface area contributed by atoms with Crippen LogP contribution in [-0.4, -0.2) is 24.1 Å². The zero-order valence-electron chi connectivity index (χ0n) is 13.6. The summed E-state index contributed by atoms with van der Waals surface area (Å²) in [5.41, 5.74) is 2.83. The van der Waals surface area contributed by atoms with E-state index in [0.29, 0.717) is 22.6 Å². The number of aryl methyl sites for hydroxylation is 1. The molecule has 2 aromatic carbocycles. The van der Waals surface area contributed by atoms with Crippen molar-refractivity contribution >= 4 is 23.6 Å². The molecule has 5 heteroatoms. The number of carbonyl (C=O) groups is 2. The number of aliphatic carboxylic acids is 1. The second-order valence-corrected chi connectivity index (χ2v) is 5.14. The van der Waals surface area contributed by atoms with Crippen LogP contribution < -0.4 is 10.1 Å². The average Bonchev–Trinajstić information content (AvgIpc) is 2.60. The fourth-order valence-electron chi connectivity index (χ4n) is 2.18. The van der Waals surface area contributed by atoms with Gasteiger partial charge in [0.2, 0.25) is 0 Å². The molecule has 0 aliphatic rings. The lowest BCUT2D eigenvalue weighted by Gasteiger charge is -2.11. The summed E-state index contributed by atoms with van der Waals surface area (Å²) in [5.74, 6) is -0.788. The van der Waals surface area contributed by atoms with E-state index in [1.54, 1.807) is 30.3 Å². The van der Waals surface area contributed by atoms with Crippen molar-refractivity contribution in [2.75, 3.05) is 12.4 Å². The number of benzene rings is 2. The van der Waals surface area contributed by atoms with Crippen molar-refractivity contribution in [1.29, 1.82) is 0 Å². The first kappa shape index (κ1) is 17.3. The van der Waals surface area contributed by atoms with Crippen molar-refractivity contribution in [2.45, 2.75) is 13.3 Å². The van der Waals surface area contributed by atoms with E-state index in [-0.39, 0.29) is 5.91 Å². The number of carboxylic acids is 1. The van der Waals surface area contributed by atoms with E-state index in [9.17, 15) is 9.59 Å². The predicted molar refractivity (Wildman–Crippen MR) is 93.4 cm³/mol. The second kappa shape index (κ2) is 7.97. The molecule has 24 heavy (non-hydrogen) atoms. The van der Waals surface area contributed by atoms with E-state index in [0.717, 1.165) is 18.1 Å². The number of hydrogen-bond donors (Lipinski definition) is 2. The topological polar surface area (TPSA) is 75.6 Å². The Balaban J connectivity index is 2.24. The summed E-state index contributed by atoms with van der Waals surface area (Å²) in [4.78, 5) is 23.0. The third-order valence-corrected chi connectivity index (χ3v) is 3.51. The molecule has 0 unspecified atom stereocenters. The zero-order chi connectivity index (χ0) is 17.5. The number of anilines is 1. The molecule has 124 valence electrons. The van der Waals surface area contributed by atoms with E-state index in [1.165, 1.54) is 13.2 Å². The number of nitrogens with one attached hydrogen (secondary N) is 1. The van der Waals surface area contributed by atoms with Gasteiger partial charge in [-0.05, 0) is 47.9 Å². The fraction of sp³-hybridized carbons (Fsp3) is 0.158. The van der Waals surface area contributed by atoms with Gasteiger partial charge in [0.25, 0.3) is 5.91 Å². The molecule has 0 aliphatic carbocycles. The van der Waals surface area contributed by atoms with Crippen molar-refractivity contribution in [2.24, 2.45) is 0 Å². The Kier molecular flexibility index (Phi) is 5.73. The first-order valence-electron chi connectivity index (χ1n) is 7.52. The van der Waals surface area contributed by atoms with Crippen LogP contribution in [-0.2, 0) is 11.2 Å². The molecule has 0 saturated heterocycles. The van der Waals surface area contributed by atoms with Gasteiger partial charge in [0.15, 0.2) is 0 Å². The third kappa shape index (κ3) is 4.46. The minimum Gasteiger partial charge on any atom is -0.495 e. The molecule has 0 aliphatic heterocycles. The molecule has 0 radical (unpaired) electrons. The Bertz CT molecular complexity index is 763. The van der Waals surface area contributed by atoms with Gasteiger partial charge < -0.3 is 15.2 Å². The number of ether oxygens (including phenoxy) is 1. The van der Waals surface area contributed by atoms with Crippen molar-refractivity contribution in [1.82, 2.24) is 0 Å². The van der Waals surface area contributed by atoms with Gasteiger partial charge in [-0.1, -0.05) is 25.1 Å². The summed E-state index contributed by atoms with van der Waals surface area (Å²) < 4.78 is 5.24. The molecule has 2 N–H and O–H groups in total. The van der Waals surface area contributed by atoms with E-state index in [1.807, 2.05) is 12.1 Å². The monoisotopic (exact) mass is 325 g/mol. The van der Waals surface area contributed by atoms with Gasteiger partial charge in [0, 0.05) is 11.6 Å². The maximum atomic E-state index is 12.4. The van der Waals surface area contributed by atoms with E-state index in [4.69, 9.17) is 9.84 Å². The van der Waals surface area contributed by atoms with Gasteiger partial charge in [0.1, 0.15) is 5.75 Å². The number of amides is 1. The number of carboxylic acid groups (broad SMARTS) is 1. The highest BCUT2D eigenvalue weighted by Gasteiger charge is 2.10. The summed E-state index contributed by atoms with van der Waals surface area (Å²) in [6.07, 6.45) is 3.40. The standard InChI is InChI=1S/C19H19NO4/c1-3-13-4-8-15(9-5-13)19(23)20-16-12-14(7-11-18(21)22)6-10-17(16)24-2/h4-12H,3H2,1-2H3,(H,20,23)(H,21,22)/b11-7+. The molecular formula is C19H19NO4. The molecule has 0 fully saturated rings. The number of rotatable bonds is 6. The average molecular weight is 325 g/mol. The fourth-order valence-corrected chi connectivity index (χ4v) is 2.18. The van der Waals surface area contributed by atoms with Crippen molar-refractivity contribution < 1.29 is 19.4 Å². The minimum atomic E-state index is -1.03. The van der Waals surface area contributed by atoms with Crippen LogP contribution in [0, 0.1) is 0 Å². The van der Waals surface area contributed by atoms with Crippen LogP contribution >= 0.6 is 0 Å². The molecule has 0 saturated carbocycles. The second-order valence-electron chi connectivity index (χ2n) is 5.14. The van der Waals surface area contributed by atoms with E-state index < -0.39 is 5.97 Å². The van der Waals surface area contributed by atoms with Gasteiger partial charge in [0.05, 0.1) is 12.8 Å².